The molecule has 0 radical (unpaired) electrons. The number of nitrogen functional groups attached to an aromatic ring is 1. The highest BCUT2D eigenvalue weighted by Crippen LogP contribution is 2.24. The predicted octanol–water partition coefficient (Wildman–Crippen LogP) is 4.77. The summed E-state index contributed by atoms with van der Waals surface area (Å²) >= 11 is 0. The molecule has 2 aromatic carbocycles. The SMILES string of the molecule is CN(C)Cc1ccc(Nc2nc(N)n(C(=O)Nc3ccc(C4=CCCN(C(=O)OC(C)(C)C)C4)cc3)n2)cc1. The van der Waals surface area contributed by atoms with E-state index in [-0.39, 0.29) is 18.0 Å². The van der Waals surface area contributed by atoms with Crippen molar-refractivity contribution in [2.45, 2.75) is 39.3 Å². The van der Waals surface area contributed by atoms with Gasteiger partial charge in [0.05, 0.1) is 0 Å². The molecule has 2 amide bonds. The second kappa shape index (κ2) is 11.6. The number of hydrogen-bond acceptors (Lipinski definition) is 8. The molecular formula is C28H36N8O3. The third-order valence-corrected chi connectivity index (χ3v) is 5.84. The number of carbonyl (C=O) groups is 2. The number of nitrogens with two attached hydrogens (primary N) is 1. The molecule has 0 unspecified atom stereocenters. The van der Waals surface area contributed by atoms with Crippen LogP contribution in [0.3, 0.4) is 0 Å². The van der Waals surface area contributed by atoms with Gasteiger partial charge in [-0.05, 0) is 82.3 Å². The summed E-state index contributed by atoms with van der Waals surface area (Å²) in [4.78, 5) is 33.3. The maximum absolute atomic E-state index is 12.8. The molecule has 4 rings (SSSR count). The van der Waals surface area contributed by atoms with Crippen LogP contribution in [0.15, 0.2) is 54.6 Å². The first-order valence-corrected chi connectivity index (χ1v) is 12.8. The fourth-order valence-corrected chi connectivity index (χ4v) is 4.09. The first-order valence-electron chi connectivity index (χ1n) is 12.8. The lowest BCUT2D eigenvalue weighted by Gasteiger charge is -2.30. The third kappa shape index (κ3) is 7.57. The lowest BCUT2D eigenvalue weighted by atomic mass is 10.0. The Labute approximate surface area is 228 Å². The first-order chi connectivity index (χ1) is 18.5. The second-order valence-corrected chi connectivity index (χ2v) is 10.7. The Kier molecular flexibility index (Phi) is 8.20. The Morgan fingerprint density at radius 3 is 2.36 bits per heavy atom. The number of anilines is 4. The summed E-state index contributed by atoms with van der Waals surface area (Å²) in [5.74, 6) is 0.183. The van der Waals surface area contributed by atoms with Gasteiger partial charge in [0, 0.05) is 31.0 Å². The summed E-state index contributed by atoms with van der Waals surface area (Å²) < 4.78 is 6.52. The van der Waals surface area contributed by atoms with Crippen LogP contribution in [0.5, 0.6) is 0 Å². The zero-order chi connectivity index (χ0) is 28.2. The van der Waals surface area contributed by atoms with Crippen LogP contribution in [0.25, 0.3) is 5.57 Å². The van der Waals surface area contributed by atoms with E-state index in [0.717, 1.165) is 34.5 Å². The van der Waals surface area contributed by atoms with Crippen molar-refractivity contribution in [3.8, 4) is 0 Å². The van der Waals surface area contributed by atoms with Crippen LogP contribution in [0, 0.1) is 0 Å². The number of rotatable bonds is 6. The van der Waals surface area contributed by atoms with Gasteiger partial charge in [-0.3, -0.25) is 0 Å². The van der Waals surface area contributed by atoms with E-state index in [1.54, 1.807) is 17.0 Å². The highest BCUT2D eigenvalue weighted by atomic mass is 16.6. The summed E-state index contributed by atoms with van der Waals surface area (Å²) in [6.45, 7) is 7.48. The molecule has 0 fully saturated rings. The summed E-state index contributed by atoms with van der Waals surface area (Å²) in [7, 11) is 4.03. The van der Waals surface area contributed by atoms with E-state index >= 15 is 0 Å². The number of nitrogens with one attached hydrogen (secondary N) is 2. The zero-order valence-electron chi connectivity index (χ0n) is 23.1. The Morgan fingerprint density at radius 1 is 1.05 bits per heavy atom. The van der Waals surface area contributed by atoms with Crippen LogP contribution in [0.4, 0.5) is 32.9 Å². The molecule has 0 saturated carbocycles. The van der Waals surface area contributed by atoms with Crippen molar-refractivity contribution in [2.75, 3.05) is 43.6 Å². The molecule has 11 nitrogen and oxygen atoms in total. The molecule has 2 heterocycles. The monoisotopic (exact) mass is 532 g/mol. The van der Waals surface area contributed by atoms with Gasteiger partial charge in [-0.15, -0.1) is 9.78 Å². The molecular weight excluding hydrogens is 496 g/mol. The molecule has 206 valence electrons. The van der Waals surface area contributed by atoms with Gasteiger partial charge in [-0.25, -0.2) is 9.59 Å². The lowest BCUT2D eigenvalue weighted by Crippen LogP contribution is -2.39. The second-order valence-electron chi connectivity index (χ2n) is 10.7. The molecule has 1 aliphatic rings. The molecule has 0 saturated heterocycles. The fourth-order valence-electron chi connectivity index (χ4n) is 4.09. The molecule has 1 aliphatic heterocycles. The standard InChI is InChI=1S/C28H36N8O3/c1-28(2,3)39-27(38)35-16-6-7-21(18-35)20-10-14-23(15-11-20)31-26(37)36-24(29)32-25(33-36)30-22-12-8-19(9-13-22)17-34(4)5/h7-15H,6,16-18H2,1-5H3,(H,31,37)(H3,29,30,32,33). The number of nitrogens with zero attached hydrogens (tertiary/aromatic N) is 5. The minimum Gasteiger partial charge on any atom is -0.444 e. The van der Waals surface area contributed by atoms with Gasteiger partial charge in [-0.2, -0.15) is 4.98 Å². The van der Waals surface area contributed by atoms with Gasteiger partial charge in [0.25, 0.3) is 0 Å². The number of carbonyl (C=O) groups excluding carboxylic acids is 2. The summed E-state index contributed by atoms with van der Waals surface area (Å²) in [6.07, 6.45) is 2.54. The van der Waals surface area contributed by atoms with Gasteiger partial charge in [0.15, 0.2) is 0 Å². The largest absolute Gasteiger partial charge is 0.444 e. The van der Waals surface area contributed by atoms with Crippen molar-refractivity contribution < 1.29 is 14.3 Å². The normalized spacial score (nSPS) is 13.7. The van der Waals surface area contributed by atoms with Crippen LogP contribution in [0.1, 0.15) is 38.3 Å². The number of aromatic nitrogens is 3. The summed E-state index contributed by atoms with van der Waals surface area (Å²) in [5, 5.41) is 10.1. The Morgan fingerprint density at radius 2 is 1.72 bits per heavy atom. The molecule has 0 spiro atoms. The molecule has 1 aromatic heterocycles. The highest BCUT2D eigenvalue weighted by molar-refractivity contribution is 5.92. The fraction of sp³-hybridized carbons (Fsp3) is 0.357. The molecule has 0 bridgehead atoms. The van der Waals surface area contributed by atoms with Crippen LogP contribution < -0.4 is 16.4 Å². The number of benzene rings is 2. The quantitative estimate of drug-likeness (QED) is 0.414. The van der Waals surface area contributed by atoms with Crippen LogP contribution >= 0.6 is 0 Å². The van der Waals surface area contributed by atoms with E-state index in [9.17, 15) is 9.59 Å². The van der Waals surface area contributed by atoms with E-state index in [1.807, 2.05) is 71.3 Å². The molecule has 39 heavy (non-hydrogen) atoms. The maximum atomic E-state index is 12.8. The van der Waals surface area contributed by atoms with Crippen molar-refractivity contribution in [2.24, 2.45) is 0 Å². The smallest absolute Gasteiger partial charge is 0.410 e. The summed E-state index contributed by atoms with van der Waals surface area (Å²) in [5.41, 5.74) is 9.94. The number of hydrogen-bond donors (Lipinski definition) is 3. The minimum atomic E-state index is -0.542. The van der Waals surface area contributed by atoms with Gasteiger partial charge in [0.2, 0.25) is 11.9 Å². The van der Waals surface area contributed by atoms with Crippen molar-refractivity contribution in [3.63, 3.8) is 0 Å². The van der Waals surface area contributed by atoms with Crippen molar-refractivity contribution in [1.29, 1.82) is 0 Å². The minimum absolute atomic E-state index is 0.0366. The molecule has 4 N–H and O–H groups in total. The lowest BCUT2D eigenvalue weighted by molar-refractivity contribution is 0.0273. The van der Waals surface area contributed by atoms with Crippen molar-refractivity contribution in [1.82, 2.24) is 24.6 Å². The predicted molar refractivity (Wildman–Crippen MR) is 153 cm³/mol. The summed E-state index contributed by atoms with van der Waals surface area (Å²) in [6, 6.07) is 14.7. The Hall–Kier alpha value is -4.38. The van der Waals surface area contributed by atoms with Crippen molar-refractivity contribution >= 4 is 41.0 Å². The van der Waals surface area contributed by atoms with Crippen LogP contribution in [-0.2, 0) is 11.3 Å². The first kappa shape index (κ1) is 27.6. The average Bonchev–Trinajstić information content (AvgIpc) is 3.24. The average molecular weight is 533 g/mol. The van der Waals surface area contributed by atoms with E-state index in [1.165, 1.54) is 5.56 Å². The van der Waals surface area contributed by atoms with Gasteiger partial charge in [-0.1, -0.05) is 30.3 Å². The number of amides is 2. The van der Waals surface area contributed by atoms with E-state index in [2.05, 4.69) is 31.7 Å². The molecule has 0 atom stereocenters. The van der Waals surface area contributed by atoms with Crippen molar-refractivity contribution in [3.05, 3.63) is 65.7 Å². The Bertz CT molecular complexity index is 1340. The zero-order valence-corrected chi connectivity index (χ0v) is 23.1. The third-order valence-electron chi connectivity index (χ3n) is 5.84. The van der Waals surface area contributed by atoms with E-state index < -0.39 is 11.6 Å². The van der Waals surface area contributed by atoms with Crippen LogP contribution in [0.2, 0.25) is 0 Å². The molecule has 3 aromatic rings. The maximum Gasteiger partial charge on any atom is 0.410 e. The van der Waals surface area contributed by atoms with Gasteiger partial charge < -0.3 is 30.9 Å². The van der Waals surface area contributed by atoms with Gasteiger partial charge in [0.1, 0.15) is 5.60 Å². The Balaban J connectivity index is 1.36. The molecule has 0 aliphatic carbocycles. The van der Waals surface area contributed by atoms with E-state index in [0.29, 0.717) is 18.8 Å². The van der Waals surface area contributed by atoms with Crippen LogP contribution in [-0.4, -0.2) is 69.5 Å². The van der Waals surface area contributed by atoms with E-state index in [4.69, 9.17) is 10.5 Å². The highest BCUT2D eigenvalue weighted by Gasteiger charge is 2.24. The number of ether oxygens (including phenoxy) is 1. The topological polar surface area (TPSA) is 131 Å². The van der Waals surface area contributed by atoms with Gasteiger partial charge >= 0.3 is 12.1 Å². The molecule has 11 heteroatoms.